The summed E-state index contributed by atoms with van der Waals surface area (Å²) in [5.41, 5.74) is 13.9. The lowest BCUT2D eigenvalue weighted by atomic mass is 10.1. The van der Waals surface area contributed by atoms with Crippen molar-refractivity contribution in [3.63, 3.8) is 0 Å². The number of primary amides is 1. The number of nitrogens with two attached hydrogens (primary N) is 2. The van der Waals surface area contributed by atoms with Crippen molar-refractivity contribution in [3.8, 4) is 0 Å². The van der Waals surface area contributed by atoms with Crippen LogP contribution < -0.4 is 11.5 Å². The molecule has 0 saturated carbocycles. The Bertz CT molecular complexity index is 615. The summed E-state index contributed by atoms with van der Waals surface area (Å²) < 4.78 is 0. The Labute approximate surface area is 115 Å². The summed E-state index contributed by atoms with van der Waals surface area (Å²) in [6, 6.07) is 6.92. The third-order valence-corrected chi connectivity index (χ3v) is 3.47. The van der Waals surface area contributed by atoms with Gasteiger partial charge in [-0.2, -0.15) is 0 Å². The topological polar surface area (TPSA) is 94.9 Å². The minimum absolute atomic E-state index is 0.415. The largest absolute Gasteiger partial charge is 0.398 e. The van der Waals surface area contributed by atoms with E-state index >= 15 is 0 Å². The first-order chi connectivity index (χ1) is 9.06. The number of aryl methyl sites for hydroxylation is 1. The van der Waals surface area contributed by atoms with E-state index in [0.717, 1.165) is 11.3 Å². The van der Waals surface area contributed by atoms with Gasteiger partial charge < -0.3 is 11.5 Å². The number of nitrogens with zero attached hydrogens (tertiary/aromatic N) is 2. The van der Waals surface area contributed by atoms with Crippen LogP contribution in [0.25, 0.3) is 0 Å². The van der Waals surface area contributed by atoms with Crippen molar-refractivity contribution >= 4 is 23.4 Å². The number of carbonyl (C=O) groups is 1. The van der Waals surface area contributed by atoms with Gasteiger partial charge in [0.2, 0.25) is 5.91 Å². The van der Waals surface area contributed by atoms with E-state index in [1.54, 1.807) is 24.4 Å². The lowest BCUT2D eigenvalue weighted by Crippen LogP contribution is -2.11. The van der Waals surface area contributed by atoms with Crippen molar-refractivity contribution in [3.05, 3.63) is 47.3 Å². The summed E-state index contributed by atoms with van der Waals surface area (Å²) in [6.07, 6.45) is 1.73. The number of hydrogen-bond acceptors (Lipinski definition) is 5. The molecule has 0 unspecified atom stereocenters. The maximum atomic E-state index is 11.0. The number of nitrogen functional groups attached to an aromatic ring is 1. The zero-order chi connectivity index (χ0) is 13.8. The molecule has 1 aromatic carbocycles. The van der Waals surface area contributed by atoms with Gasteiger partial charge in [0.15, 0.2) is 5.16 Å². The van der Waals surface area contributed by atoms with Gasteiger partial charge in [0, 0.05) is 28.9 Å². The molecule has 4 N–H and O–H groups in total. The molecule has 2 aromatic rings. The maximum absolute atomic E-state index is 11.0. The lowest BCUT2D eigenvalue weighted by Gasteiger charge is -2.06. The second-order valence-electron chi connectivity index (χ2n) is 4.05. The van der Waals surface area contributed by atoms with Crippen molar-refractivity contribution < 1.29 is 4.79 Å². The predicted molar refractivity (Wildman–Crippen MR) is 75.7 cm³/mol. The quantitative estimate of drug-likeness (QED) is 0.503. The number of benzene rings is 1. The fraction of sp³-hybridized carbons (Fsp3) is 0.154. The Morgan fingerprint density at radius 3 is 2.79 bits per heavy atom. The van der Waals surface area contributed by atoms with E-state index in [1.165, 1.54) is 11.8 Å². The number of aromatic nitrogens is 2. The first-order valence-corrected chi connectivity index (χ1v) is 6.65. The van der Waals surface area contributed by atoms with Crippen molar-refractivity contribution in [2.75, 3.05) is 5.73 Å². The molecular weight excluding hydrogens is 260 g/mol. The predicted octanol–water partition coefficient (Wildman–Crippen LogP) is 1.76. The molecule has 0 spiro atoms. The second-order valence-corrected chi connectivity index (χ2v) is 4.99. The third kappa shape index (κ3) is 3.45. The summed E-state index contributed by atoms with van der Waals surface area (Å²) in [5.74, 6) is 0.168. The molecule has 2 rings (SSSR count). The molecule has 1 aromatic heterocycles. The van der Waals surface area contributed by atoms with Crippen molar-refractivity contribution in [2.45, 2.75) is 17.8 Å². The molecule has 1 heterocycles. The van der Waals surface area contributed by atoms with Gasteiger partial charge in [-0.1, -0.05) is 17.8 Å². The first kappa shape index (κ1) is 13.4. The van der Waals surface area contributed by atoms with Gasteiger partial charge in [-0.25, -0.2) is 9.97 Å². The van der Waals surface area contributed by atoms with Gasteiger partial charge >= 0.3 is 0 Å². The van der Waals surface area contributed by atoms with Crippen LogP contribution in [0.1, 0.15) is 21.6 Å². The molecule has 0 fully saturated rings. The van der Waals surface area contributed by atoms with Crippen LogP contribution in [0.5, 0.6) is 0 Å². The highest BCUT2D eigenvalue weighted by atomic mass is 32.2. The highest BCUT2D eigenvalue weighted by molar-refractivity contribution is 7.98. The van der Waals surface area contributed by atoms with Crippen LogP contribution in [0.15, 0.2) is 35.6 Å². The Morgan fingerprint density at radius 1 is 1.37 bits per heavy atom. The number of rotatable bonds is 4. The van der Waals surface area contributed by atoms with E-state index in [0.29, 0.717) is 22.2 Å². The molecule has 19 heavy (non-hydrogen) atoms. The summed E-state index contributed by atoms with van der Waals surface area (Å²) >= 11 is 1.50. The normalized spacial score (nSPS) is 10.4. The highest BCUT2D eigenvalue weighted by Crippen LogP contribution is 2.23. The maximum Gasteiger partial charge on any atom is 0.248 e. The van der Waals surface area contributed by atoms with E-state index < -0.39 is 5.91 Å². The fourth-order valence-corrected chi connectivity index (χ4v) is 2.41. The number of amides is 1. The van der Waals surface area contributed by atoms with Crippen LogP contribution in [0.4, 0.5) is 5.69 Å². The Balaban J connectivity index is 2.10. The minimum atomic E-state index is -0.479. The second kappa shape index (κ2) is 5.71. The van der Waals surface area contributed by atoms with Gasteiger partial charge in [0.1, 0.15) is 0 Å². The molecule has 5 nitrogen and oxygen atoms in total. The number of anilines is 1. The molecule has 6 heteroatoms. The van der Waals surface area contributed by atoms with Crippen LogP contribution in [0.2, 0.25) is 0 Å². The van der Waals surface area contributed by atoms with Gasteiger partial charge in [0.25, 0.3) is 0 Å². The van der Waals surface area contributed by atoms with Crippen LogP contribution in [0, 0.1) is 6.92 Å². The van der Waals surface area contributed by atoms with Crippen LogP contribution in [-0.2, 0) is 5.75 Å². The molecule has 0 aliphatic carbocycles. The summed E-state index contributed by atoms with van der Waals surface area (Å²) in [6.45, 7) is 1.92. The van der Waals surface area contributed by atoms with Gasteiger partial charge in [-0.05, 0) is 30.7 Å². The Kier molecular flexibility index (Phi) is 4.01. The molecular formula is C13H14N4OS. The van der Waals surface area contributed by atoms with Crippen molar-refractivity contribution in [1.82, 2.24) is 9.97 Å². The number of thioether (sulfide) groups is 1. The number of hydrogen-bond donors (Lipinski definition) is 2. The zero-order valence-electron chi connectivity index (χ0n) is 10.5. The summed E-state index contributed by atoms with van der Waals surface area (Å²) in [7, 11) is 0. The van der Waals surface area contributed by atoms with E-state index in [9.17, 15) is 4.79 Å². The molecule has 98 valence electrons. The third-order valence-electron chi connectivity index (χ3n) is 2.56. The van der Waals surface area contributed by atoms with Crippen LogP contribution in [-0.4, -0.2) is 15.9 Å². The lowest BCUT2D eigenvalue weighted by molar-refractivity contribution is 0.100. The van der Waals surface area contributed by atoms with Gasteiger partial charge in [-0.3, -0.25) is 4.79 Å². The van der Waals surface area contributed by atoms with Gasteiger partial charge in [-0.15, -0.1) is 0 Å². The zero-order valence-corrected chi connectivity index (χ0v) is 11.3. The summed E-state index contributed by atoms with van der Waals surface area (Å²) in [4.78, 5) is 19.5. The molecule has 0 radical (unpaired) electrons. The van der Waals surface area contributed by atoms with E-state index in [2.05, 4.69) is 9.97 Å². The van der Waals surface area contributed by atoms with Crippen molar-refractivity contribution in [2.24, 2.45) is 5.73 Å². The fourth-order valence-electron chi connectivity index (χ4n) is 1.52. The smallest absolute Gasteiger partial charge is 0.248 e. The SMILES string of the molecule is Cc1ccnc(SCc2ccc(C(N)=O)cc2N)n1. The van der Waals surface area contributed by atoms with E-state index in [1.807, 2.05) is 13.0 Å². The standard InChI is InChI=1S/C13H14N4OS/c1-8-4-5-16-13(17-8)19-7-10-3-2-9(12(15)18)6-11(10)14/h2-6H,7,14H2,1H3,(H2,15,18). The van der Waals surface area contributed by atoms with E-state index in [-0.39, 0.29) is 0 Å². The molecule has 0 atom stereocenters. The average molecular weight is 274 g/mol. The monoisotopic (exact) mass is 274 g/mol. The molecule has 0 aliphatic rings. The Morgan fingerprint density at radius 2 is 2.16 bits per heavy atom. The molecule has 0 bridgehead atoms. The summed E-state index contributed by atoms with van der Waals surface area (Å²) in [5, 5.41) is 0.707. The van der Waals surface area contributed by atoms with E-state index in [4.69, 9.17) is 11.5 Å². The van der Waals surface area contributed by atoms with Crippen molar-refractivity contribution in [1.29, 1.82) is 0 Å². The molecule has 0 aliphatic heterocycles. The highest BCUT2D eigenvalue weighted by Gasteiger charge is 2.06. The van der Waals surface area contributed by atoms with Crippen LogP contribution >= 0.6 is 11.8 Å². The van der Waals surface area contributed by atoms with Gasteiger partial charge in [0.05, 0.1) is 0 Å². The number of carbonyl (C=O) groups excluding carboxylic acids is 1. The Hall–Kier alpha value is -2.08. The molecule has 1 amide bonds. The minimum Gasteiger partial charge on any atom is -0.398 e. The van der Waals surface area contributed by atoms with Crippen LogP contribution in [0.3, 0.4) is 0 Å². The average Bonchev–Trinajstić information content (AvgIpc) is 2.37. The first-order valence-electron chi connectivity index (χ1n) is 5.67. The molecule has 0 saturated heterocycles.